The third-order valence-corrected chi connectivity index (χ3v) is 4.08. The molecule has 8 nitrogen and oxygen atoms in total. The Balaban J connectivity index is 1.87. The zero-order valence-corrected chi connectivity index (χ0v) is 12.3. The number of nitrogens with zero attached hydrogens (tertiary/aromatic N) is 5. The highest BCUT2D eigenvalue weighted by molar-refractivity contribution is 5.39. The molecule has 8 heteroatoms. The van der Waals surface area contributed by atoms with Crippen molar-refractivity contribution in [3.05, 3.63) is 18.5 Å². The molecule has 112 valence electrons. The summed E-state index contributed by atoms with van der Waals surface area (Å²) in [5.74, 6) is 1.39. The SMILES string of the molecule is CNc1nc(NC2CC(O)C2(C)C)nc(-n2cccn2)n1. The molecule has 2 aromatic heterocycles. The predicted molar refractivity (Wildman–Crippen MR) is 78.3 cm³/mol. The summed E-state index contributed by atoms with van der Waals surface area (Å²) in [5.41, 5.74) is -0.196. The number of aromatic nitrogens is 5. The van der Waals surface area contributed by atoms with Crippen molar-refractivity contribution >= 4 is 11.9 Å². The van der Waals surface area contributed by atoms with Gasteiger partial charge in [0.1, 0.15) is 0 Å². The maximum absolute atomic E-state index is 9.81. The lowest BCUT2D eigenvalue weighted by Gasteiger charge is -2.49. The summed E-state index contributed by atoms with van der Waals surface area (Å²) in [6.07, 6.45) is 3.83. The van der Waals surface area contributed by atoms with E-state index in [1.165, 1.54) is 0 Å². The highest BCUT2D eigenvalue weighted by Crippen LogP contribution is 2.41. The number of hydrogen-bond acceptors (Lipinski definition) is 7. The van der Waals surface area contributed by atoms with Crippen molar-refractivity contribution in [2.24, 2.45) is 5.41 Å². The summed E-state index contributed by atoms with van der Waals surface area (Å²) in [6.45, 7) is 4.04. The molecule has 0 spiro atoms. The Morgan fingerprint density at radius 2 is 2.05 bits per heavy atom. The molecule has 0 aromatic carbocycles. The van der Waals surface area contributed by atoms with Gasteiger partial charge in [0.2, 0.25) is 11.9 Å². The highest BCUT2D eigenvalue weighted by Gasteiger charge is 2.47. The van der Waals surface area contributed by atoms with Gasteiger partial charge in [0, 0.05) is 30.9 Å². The second kappa shape index (κ2) is 4.96. The van der Waals surface area contributed by atoms with Gasteiger partial charge < -0.3 is 15.7 Å². The molecule has 1 saturated carbocycles. The minimum Gasteiger partial charge on any atom is -0.392 e. The molecular formula is C13H19N7O. The zero-order valence-electron chi connectivity index (χ0n) is 12.3. The van der Waals surface area contributed by atoms with E-state index in [4.69, 9.17) is 0 Å². The molecule has 2 aromatic rings. The topological polar surface area (TPSA) is 101 Å². The van der Waals surface area contributed by atoms with E-state index in [0.29, 0.717) is 24.3 Å². The van der Waals surface area contributed by atoms with Crippen LogP contribution in [0.2, 0.25) is 0 Å². The van der Waals surface area contributed by atoms with E-state index in [0.717, 1.165) is 0 Å². The molecule has 21 heavy (non-hydrogen) atoms. The molecule has 1 aliphatic rings. The Morgan fingerprint density at radius 1 is 1.29 bits per heavy atom. The summed E-state index contributed by atoms with van der Waals surface area (Å²) >= 11 is 0. The lowest BCUT2D eigenvalue weighted by Crippen LogP contribution is -2.57. The van der Waals surface area contributed by atoms with Crippen LogP contribution in [0, 0.1) is 5.41 Å². The molecule has 0 aliphatic heterocycles. The number of aliphatic hydroxyl groups is 1. The van der Waals surface area contributed by atoms with Crippen molar-refractivity contribution < 1.29 is 5.11 Å². The molecule has 3 rings (SSSR count). The molecule has 0 radical (unpaired) electrons. The Labute approximate surface area is 122 Å². The Hall–Kier alpha value is -2.22. The molecule has 0 saturated heterocycles. The van der Waals surface area contributed by atoms with E-state index in [9.17, 15) is 5.11 Å². The summed E-state index contributed by atoms with van der Waals surface area (Å²) in [7, 11) is 1.75. The Kier molecular flexibility index (Phi) is 3.25. The first-order valence-corrected chi connectivity index (χ1v) is 6.89. The number of aliphatic hydroxyl groups excluding tert-OH is 1. The lowest BCUT2D eigenvalue weighted by atomic mass is 9.65. The first-order chi connectivity index (χ1) is 10.0. The summed E-state index contributed by atoms with van der Waals surface area (Å²) < 4.78 is 1.58. The monoisotopic (exact) mass is 289 g/mol. The van der Waals surface area contributed by atoms with E-state index in [1.807, 2.05) is 13.8 Å². The van der Waals surface area contributed by atoms with Crippen LogP contribution < -0.4 is 10.6 Å². The first-order valence-electron chi connectivity index (χ1n) is 6.89. The molecular weight excluding hydrogens is 270 g/mol. The van der Waals surface area contributed by atoms with Crippen molar-refractivity contribution in [1.29, 1.82) is 0 Å². The van der Waals surface area contributed by atoms with Gasteiger partial charge in [-0.05, 0) is 12.5 Å². The lowest BCUT2D eigenvalue weighted by molar-refractivity contribution is -0.0512. The second-order valence-corrected chi connectivity index (χ2v) is 5.75. The van der Waals surface area contributed by atoms with Gasteiger partial charge in [0.15, 0.2) is 0 Å². The molecule has 0 amide bonds. The molecule has 2 atom stereocenters. The van der Waals surface area contributed by atoms with Crippen molar-refractivity contribution in [2.45, 2.75) is 32.4 Å². The van der Waals surface area contributed by atoms with E-state index in [1.54, 1.807) is 30.2 Å². The van der Waals surface area contributed by atoms with Crippen molar-refractivity contribution in [2.75, 3.05) is 17.7 Å². The molecule has 1 aliphatic carbocycles. The molecule has 2 heterocycles. The first kappa shape index (κ1) is 13.7. The molecule has 0 bridgehead atoms. The predicted octanol–water partition coefficient (Wildman–Crippen LogP) is 0.670. The standard InChI is InChI=1S/C13H19N7O/c1-13(2)8(7-9(13)21)16-11-17-10(14-3)18-12(19-11)20-6-4-5-15-20/h4-6,8-9,21H,7H2,1-3H3,(H2,14,16,17,18,19). The maximum Gasteiger partial charge on any atom is 0.257 e. The van der Waals surface area contributed by atoms with Gasteiger partial charge in [-0.2, -0.15) is 20.1 Å². The fourth-order valence-corrected chi connectivity index (χ4v) is 2.33. The van der Waals surface area contributed by atoms with Crippen LogP contribution in [0.3, 0.4) is 0 Å². The van der Waals surface area contributed by atoms with E-state index >= 15 is 0 Å². The quantitative estimate of drug-likeness (QED) is 0.760. The van der Waals surface area contributed by atoms with Crippen LogP contribution in [0.25, 0.3) is 5.95 Å². The van der Waals surface area contributed by atoms with Crippen molar-refractivity contribution in [3.63, 3.8) is 0 Å². The van der Waals surface area contributed by atoms with Gasteiger partial charge in [-0.1, -0.05) is 13.8 Å². The van der Waals surface area contributed by atoms with Crippen LogP contribution in [0.5, 0.6) is 0 Å². The van der Waals surface area contributed by atoms with Crippen LogP contribution >= 0.6 is 0 Å². The summed E-state index contributed by atoms with van der Waals surface area (Å²) in [5, 5.41) is 20.1. The molecule has 1 fully saturated rings. The number of rotatable bonds is 4. The fourth-order valence-electron chi connectivity index (χ4n) is 2.33. The molecule has 3 N–H and O–H groups in total. The van der Waals surface area contributed by atoms with Gasteiger partial charge >= 0.3 is 0 Å². The Bertz CT molecular complexity index is 625. The minimum absolute atomic E-state index is 0.130. The maximum atomic E-state index is 9.81. The van der Waals surface area contributed by atoms with Crippen molar-refractivity contribution in [3.8, 4) is 5.95 Å². The van der Waals surface area contributed by atoms with Gasteiger partial charge in [-0.3, -0.25) is 0 Å². The number of nitrogens with one attached hydrogen (secondary N) is 2. The number of hydrogen-bond donors (Lipinski definition) is 3. The van der Waals surface area contributed by atoms with E-state index in [2.05, 4.69) is 30.7 Å². The largest absolute Gasteiger partial charge is 0.392 e. The average molecular weight is 289 g/mol. The van der Waals surface area contributed by atoms with Gasteiger partial charge in [-0.25, -0.2) is 4.68 Å². The minimum atomic E-state index is -0.300. The molecule has 2 unspecified atom stereocenters. The Morgan fingerprint density at radius 3 is 2.62 bits per heavy atom. The van der Waals surface area contributed by atoms with Crippen molar-refractivity contribution in [1.82, 2.24) is 24.7 Å². The third kappa shape index (κ3) is 2.42. The van der Waals surface area contributed by atoms with Gasteiger partial charge in [0.05, 0.1) is 6.10 Å². The fraction of sp³-hybridized carbons (Fsp3) is 0.538. The second-order valence-electron chi connectivity index (χ2n) is 5.75. The van der Waals surface area contributed by atoms with E-state index in [-0.39, 0.29) is 17.6 Å². The van der Waals surface area contributed by atoms with Crippen LogP contribution in [-0.4, -0.2) is 49.0 Å². The van der Waals surface area contributed by atoms with Crippen LogP contribution in [0.4, 0.5) is 11.9 Å². The zero-order chi connectivity index (χ0) is 15.0. The van der Waals surface area contributed by atoms with Crippen LogP contribution in [0.1, 0.15) is 20.3 Å². The van der Waals surface area contributed by atoms with E-state index < -0.39 is 0 Å². The van der Waals surface area contributed by atoms with Crippen LogP contribution in [-0.2, 0) is 0 Å². The number of anilines is 2. The third-order valence-electron chi connectivity index (χ3n) is 4.08. The highest BCUT2D eigenvalue weighted by atomic mass is 16.3. The average Bonchev–Trinajstić information content (AvgIpc) is 3.01. The summed E-state index contributed by atoms with van der Waals surface area (Å²) in [6, 6.07) is 1.94. The van der Waals surface area contributed by atoms with Crippen LogP contribution in [0.15, 0.2) is 18.5 Å². The summed E-state index contributed by atoms with van der Waals surface area (Å²) in [4.78, 5) is 13.0. The van der Waals surface area contributed by atoms with Gasteiger partial charge in [0.25, 0.3) is 5.95 Å². The normalized spacial score (nSPS) is 23.4. The van der Waals surface area contributed by atoms with Gasteiger partial charge in [-0.15, -0.1) is 0 Å². The smallest absolute Gasteiger partial charge is 0.257 e.